The van der Waals surface area contributed by atoms with Crippen molar-refractivity contribution in [2.75, 3.05) is 6.61 Å². The van der Waals surface area contributed by atoms with Crippen molar-refractivity contribution >= 4 is 0 Å². The van der Waals surface area contributed by atoms with Gasteiger partial charge in [-0.05, 0) is 6.42 Å². The summed E-state index contributed by atoms with van der Waals surface area (Å²) in [6.07, 6.45) is 0.875. The van der Waals surface area contributed by atoms with Crippen LogP contribution in [0.4, 0.5) is 0 Å². The minimum atomic E-state index is 0. The van der Waals surface area contributed by atoms with Crippen LogP contribution in [0.3, 0.4) is 0 Å². The van der Waals surface area contributed by atoms with Gasteiger partial charge >= 0.3 is 0 Å². The average molecular weight is 241 g/mol. The molecule has 2 heteroatoms. The molecule has 0 aromatic rings. The van der Waals surface area contributed by atoms with E-state index in [4.69, 9.17) is 5.11 Å². The first kappa shape index (κ1) is 9.20. The molecule has 1 N–H and O–H groups in total. The maximum atomic E-state index is 7.88. The van der Waals surface area contributed by atoms with Crippen molar-refractivity contribution in [3.8, 4) is 0 Å². The third-order valence-electron chi connectivity index (χ3n) is 0.224. The van der Waals surface area contributed by atoms with Crippen molar-refractivity contribution in [3.05, 3.63) is 0 Å². The molecule has 0 amide bonds. The van der Waals surface area contributed by atoms with E-state index >= 15 is 0 Å². The maximum Gasteiger partial charge on any atom is 0.0428 e. The van der Waals surface area contributed by atoms with E-state index in [-0.39, 0.29) is 22.4 Å². The Bertz CT molecular complexity index is 8.85. The van der Waals surface area contributed by atoms with Gasteiger partial charge in [0.2, 0.25) is 0 Å². The van der Waals surface area contributed by atoms with E-state index in [1.807, 2.05) is 6.92 Å². The van der Waals surface area contributed by atoms with Crippen molar-refractivity contribution in [1.82, 2.24) is 0 Å². The van der Waals surface area contributed by atoms with Crippen LogP contribution in [0.1, 0.15) is 13.3 Å². The summed E-state index contributed by atoms with van der Waals surface area (Å²) in [5.74, 6) is 0. The Morgan fingerprint density at radius 1 is 1.60 bits per heavy atom. The Labute approximate surface area is 47.9 Å². The zero-order chi connectivity index (χ0) is 3.41. The second kappa shape index (κ2) is 8.83. The molecule has 0 atom stereocenters. The van der Waals surface area contributed by atoms with E-state index in [2.05, 4.69) is 0 Å². The van der Waals surface area contributed by atoms with Crippen LogP contribution in [0.5, 0.6) is 0 Å². The monoisotopic (exact) mass is 241 g/mol. The molecule has 0 rings (SSSR count). The molecular weight excluding hydrogens is 233 g/mol. The first-order valence-electron chi connectivity index (χ1n) is 1.52. The first-order valence-corrected chi connectivity index (χ1v) is 1.52. The van der Waals surface area contributed by atoms with Gasteiger partial charge in [0.15, 0.2) is 0 Å². The van der Waals surface area contributed by atoms with Gasteiger partial charge in [-0.3, -0.25) is 0 Å². The molecule has 0 fully saturated rings. The zero-order valence-electron chi connectivity index (χ0n) is 3.31. The third kappa shape index (κ3) is 11.9. The van der Waals surface area contributed by atoms with Crippen LogP contribution in [0.15, 0.2) is 0 Å². The van der Waals surface area contributed by atoms with Crippen LogP contribution < -0.4 is 0 Å². The minimum absolute atomic E-state index is 0. The fourth-order valence-electron chi connectivity index (χ4n) is 0. The molecule has 0 aliphatic rings. The molecule has 1 radical (unpaired) electrons. The first-order chi connectivity index (χ1) is 1.91. The predicted molar refractivity (Wildman–Crippen MR) is 17.4 cm³/mol. The molecule has 31 valence electrons. The van der Waals surface area contributed by atoms with Gasteiger partial charge in [-0.25, -0.2) is 0 Å². The zero-order valence-corrected chi connectivity index (χ0v) is 6.52. The molecule has 5 heavy (non-hydrogen) atoms. The second-order valence-electron chi connectivity index (χ2n) is 0.724. The van der Waals surface area contributed by atoms with Gasteiger partial charge in [0.05, 0.1) is 0 Å². The van der Waals surface area contributed by atoms with Crippen molar-refractivity contribution in [1.29, 1.82) is 0 Å². The summed E-state index contributed by atoms with van der Waals surface area (Å²) in [5.41, 5.74) is 0. The summed E-state index contributed by atoms with van der Waals surface area (Å²) in [5, 5.41) is 7.88. The van der Waals surface area contributed by atoms with Crippen molar-refractivity contribution in [2.45, 2.75) is 13.3 Å². The van der Waals surface area contributed by atoms with Gasteiger partial charge in [0, 0.05) is 29.0 Å². The Kier molecular flexibility index (Phi) is 16.2. The number of hydrogen-bond acceptors (Lipinski definition) is 1. The Hall–Kier alpha value is 0.700. The van der Waals surface area contributed by atoms with Crippen molar-refractivity contribution in [3.63, 3.8) is 0 Å². The minimum Gasteiger partial charge on any atom is -0.396 e. The molecular formula is C3H8OTa. The van der Waals surface area contributed by atoms with Gasteiger partial charge < -0.3 is 5.11 Å². The van der Waals surface area contributed by atoms with Gasteiger partial charge in [-0.1, -0.05) is 6.92 Å². The second-order valence-corrected chi connectivity index (χ2v) is 0.724. The van der Waals surface area contributed by atoms with Crippen molar-refractivity contribution in [2.24, 2.45) is 0 Å². The molecule has 0 aromatic carbocycles. The Morgan fingerprint density at radius 3 is 1.80 bits per heavy atom. The quantitative estimate of drug-likeness (QED) is 0.703. The van der Waals surface area contributed by atoms with Crippen LogP contribution in [-0.2, 0) is 22.4 Å². The van der Waals surface area contributed by atoms with Gasteiger partial charge in [0.1, 0.15) is 0 Å². The fraction of sp³-hybridized carbons (Fsp3) is 1.00. The molecule has 0 saturated heterocycles. The van der Waals surface area contributed by atoms with E-state index in [1.54, 1.807) is 0 Å². The summed E-state index contributed by atoms with van der Waals surface area (Å²) < 4.78 is 0. The van der Waals surface area contributed by atoms with Crippen LogP contribution in [0, 0.1) is 0 Å². The molecule has 0 aliphatic heterocycles. The Morgan fingerprint density at radius 2 is 1.80 bits per heavy atom. The van der Waals surface area contributed by atoms with Gasteiger partial charge in [-0.2, -0.15) is 0 Å². The summed E-state index contributed by atoms with van der Waals surface area (Å²) in [7, 11) is 0. The normalized spacial score (nSPS) is 6.00. The largest absolute Gasteiger partial charge is 0.396 e. The number of rotatable bonds is 1. The Balaban J connectivity index is 0. The smallest absolute Gasteiger partial charge is 0.0428 e. The fourth-order valence-corrected chi connectivity index (χ4v) is 0. The van der Waals surface area contributed by atoms with Crippen LogP contribution >= 0.6 is 0 Å². The van der Waals surface area contributed by atoms with Crippen LogP contribution in [0.2, 0.25) is 0 Å². The molecule has 1 nitrogen and oxygen atoms in total. The van der Waals surface area contributed by atoms with Gasteiger partial charge in [-0.15, -0.1) is 0 Å². The number of hydrogen-bond donors (Lipinski definition) is 1. The van der Waals surface area contributed by atoms with Gasteiger partial charge in [0.25, 0.3) is 0 Å². The standard InChI is InChI=1S/C3H8O.Ta/c1-2-3-4;/h4H,2-3H2,1H3;. The van der Waals surface area contributed by atoms with E-state index in [1.165, 1.54) is 0 Å². The van der Waals surface area contributed by atoms with E-state index in [0.29, 0.717) is 6.61 Å². The van der Waals surface area contributed by atoms with Crippen LogP contribution in [0.25, 0.3) is 0 Å². The number of aliphatic hydroxyl groups excluding tert-OH is 1. The molecule has 0 heterocycles. The molecule has 0 saturated carbocycles. The predicted octanol–water partition coefficient (Wildman–Crippen LogP) is 0.386. The van der Waals surface area contributed by atoms with E-state index in [0.717, 1.165) is 6.42 Å². The molecule has 0 bridgehead atoms. The van der Waals surface area contributed by atoms with Crippen molar-refractivity contribution < 1.29 is 27.5 Å². The van der Waals surface area contributed by atoms with Crippen LogP contribution in [-0.4, -0.2) is 11.7 Å². The molecule has 0 spiro atoms. The van der Waals surface area contributed by atoms with E-state index < -0.39 is 0 Å². The summed E-state index contributed by atoms with van der Waals surface area (Å²) in [6.45, 7) is 2.25. The topological polar surface area (TPSA) is 20.2 Å². The molecule has 0 aliphatic carbocycles. The summed E-state index contributed by atoms with van der Waals surface area (Å²) in [6, 6.07) is 0. The third-order valence-corrected chi connectivity index (χ3v) is 0.224. The molecule has 0 unspecified atom stereocenters. The SMILES string of the molecule is CCCO.[Ta]. The summed E-state index contributed by atoms with van der Waals surface area (Å²) in [4.78, 5) is 0. The summed E-state index contributed by atoms with van der Waals surface area (Å²) >= 11 is 0. The maximum absolute atomic E-state index is 7.88. The average Bonchev–Trinajstić information content (AvgIpc) is 1.37. The molecule has 0 aromatic heterocycles. The number of aliphatic hydroxyl groups is 1. The van der Waals surface area contributed by atoms with E-state index in [9.17, 15) is 0 Å².